The van der Waals surface area contributed by atoms with Crippen LogP contribution in [0.25, 0.3) is 11.0 Å². The van der Waals surface area contributed by atoms with E-state index in [4.69, 9.17) is 0 Å². The summed E-state index contributed by atoms with van der Waals surface area (Å²) in [6.07, 6.45) is 1.69. The van der Waals surface area contributed by atoms with Gasteiger partial charge in [0.25, 0.3) is 0 Å². The quantitative estimate of drug-likeness (QED) is 0.680. The number of hydrogen-bond donors (Lipinski definition) is 3. The number of anilines is 1. The molecule has 20 heavy (non-hydrogen) atoms. The Labute approximate surface area is 115 Å². The Kier molecular flexibility index (Phi) is 3.28. The monoisotopic (exact) mass is 267 g/mol. The van der Waals surface area contributed by atoms with Crippen molar-refractivity contribution in [3.8, 4) is 0 Å². The predicted molar refractivity (Wildman–Crippen MR) is 76.2 cm³/mol. The van der Waals surface area contributed by atoms with Crippen LogP contribution in [0.5, 0.6) is 0 Å². The number of aromatic amines is 1. The second-order valence-corrected chi connectivity index (χ2v) is 4.23. The van der Waals surface area contributed by atoms with E-state index in [0.717, 1.165) is 16.7 Å². The van der Waals surface area contributed by atoms with Crippen LogP contribution in [0.2, 0.25) is 0 Å². The van der Waals surface area contributed by atoms with E-state index < -0.39 is 0 Å². The first kappa shape index (κ1) is 12.2. The molecule has 3 N–H and O–H groups in total. The molecule has 0 aliphatic rings. The van der Waals surface area contributed by atoms with Crippen LogP contribution in [0, 0.1) is 0 Å². The van der Waals surface area contributed by atoms with Gasteiger partial charge in [-0.15, -0.1) is 0 Å². The lowest BCUT2D eigenvalue weighted by atomic mass is 10.3. The number of hydrogen-bond acceptors (Lipinski definition) is 3. The molecule has 0 saturated carbocycles. The fourth-order valence-electron chi connectivity index (χ4n) is 1.84. The number of rotatable bonds is 3. The molecular formula is C14H13N5O. The number of nitrogens with zero attached hydrogens (tertiary/aromatic N) is 2. The number of H-pyrrole nitrogens is 1. The van der Waals surface area contributed by atoms with Crippen LogP contribution in [0.1, 0.15) is 5.69 Å². The van der Waals surface area contributed by atoms with Crippen molar-refractivity contribution < 1.29 is 4.79 Å². The minimum Gasteiger partial charge on any atom is -0.332 e. The molecular weight excluding hydrogens is 254 g/mol. The molecule has 3 rings (SSSR count). The Morgan fingerprint density at radius 1 is 1.15 bits per heavy atom. The lowest BCUT2D eigenvalue weighted by Gasteiger charge is -2.04. The van der Waals surface area contributed by atoms with Crippen molar-refractivity contribution in [3.05, 3.63) is 54.4 Å². The Bertz CT molecular complexity index is 690. The van der Waals surface area contributed by atoms with Gasteiger partial charge in [-0.25, -0.2) is 9.78 Å². The van der Waals surface area contributed by atoms with Crippen molar-refractivity contribution in [2.24, 2.45) is 0 Å². The number of imidazole rings is 1. The molecule has 100 valence electrons. The molecule has 6 nitrogen and oxygen atoms in total. The molecule has 0 fully saturated rings. The van der Waals surface area contributed by atoms with Gasteiger partial charge in [0.2, 0.25) is 5.95 Å². The zero-order chi connectivity index (χ0) is 13.8. The van der Waals surface area contributed by atoms with Crippen LogP contribution in [0.15, 0.2) is 48.7 Å². The van der Waals surface area contributed by atoms with Crippen LogP contribution in [-0.4, -0.2) is 21.0 Å². The van der Waals surface area contributed by atoms with E-state index in [1.807, 2.05) is 42.5 Å². The number of amides is 2. The molecule has 0 spiro atoms. The second kappa shape index (κ2) is 5.40. The van der Waals surface area contributed by atoms with E-state index in [-0.39, 0.29) is 6.03 Å². The number of pyridine rings is 1. The zero-order valence-corrected chi connectivity index (χ0v) is 10.6. The number of aromatic nitrogens is 3. The molecule has 0 saturated heterocycles. The molecule has 3 aromatic rings. The van der Waals surface area contributed by atoms with E-state index in [1.165, 1.54) is 0 Å². The zero-order valence-electron chi connectivity index (χ0n) is 10.6. The summed E-state index contributed by atoms with van der Waals surface area (Å²) in [5.74, 6) is 0.421. The van der Waals surface area contributed by atoms with Crippen LogP contribution in [0.3, 0.4) is 0 Å². The summed E-state index contributed by atoms with van der Waals surface area (Å²) in [5.41, 5.74) is 2.49. The summed E-state index contributed by atoms with van der Waals surface area (Å²) in [6, 6.07) is 12.8. The number of fused-ring (bicyclic) bond motifs is 1. The van der Waals surface area contributed by atoms with Gasteiger partial charge < -0.3 is 10.3 Å². The Morgan fingerprint density at radius 3 is 2.80 bits per heavy atom. The van der Waals surface area contributed by atoms with Crippen LogP contribution in [-0.2, 0) is 6.54 Å². The number of carbonyl (C=O) groups is 1. The first-order valence-electron chi connectivity index (χ1n) is 6.21. The van der Waals surface area contributed by atoms with Crippen molar-refractivity contribution in [1.82, 2.24) is 20.3 Å². The van der Waals surface area contributed by atoms with E-state index in [9.17, 15) is 4.79 Å². The highest BCUT2D eigenvalue weighted by molar-refractivity contribution is 5.89. The lowest BCUT2D eigenvalue weighted by Crippen LogP contribution is -2.28. The Hall–Kier alpha value is -2.89. The molecule has 0 radical (unpaired) electrons. The van der Waals surface area contributed by atoms with E-state index in [1.54, 1.807) is 6.20 Å². The maximum Gasteiger partial charge on any atom is 0.321 e. The first-order valence-corrected chi connectivity index (χ1v) is 6.21. The number of carbonyl (C=O) groups excluding carboxylic acids is 1. The summed E-state index contributed by atoms with van der Waals surface area (Å²) in [5, 5.41) is 5.38. The Morgan fingerprint density at radius 2 is 2.00 bits per heavy atom. The summed E-state index contributed by atoms with van der Waals surface area (Å²) in [4.78, 5) is 23.2. The average molecular weight is 267 g/mol. The Balaban J connectivity index is 1.61. The van der Waals surface area contributed by atoms with Crippen LogP contribution >= 0.6 is 0 Å². The topological polar surface area (TPSA) is 82.7 Å². The molecule has 2 amide bonds. The second-order valence-electron chi connectivity index (χ2n) is 4.23. The molecule has 0 atom stereocenters. The van der Waals surface area contributed by atoms with Crippen LogP contribution in [0.4, 0.5) is 10.7 Å². The molecule has 1 aromatic carbocycles. The molecule has 0 bridgehead atoms. The molecule has 0 aliphatic carbocycles. The lowest BCUT2D eigenvalue weighted by molar-refractivity contribution is 0.251. The van der Waals surface area contributed by atoms with Crippen molar-refractivity contribution in [3.63, 3.8) is 0 Å². The number of nitrogens with one attached hydrogen (secondary N) is 3. The summed E-state index contributed by atoms with van der Waals surface area (Å²) < 4.78 is 0. The minimum atomic E-state index is -0.324. The third kappa shape index (κ3) is 2.74. The van der Waals surface area contributed by atoms with Gasteiger partial charge in [-0.05, 0) is 24.3 Å². The van der Waals surface area contributed by atoms with Crippen LogP contribution < -0.4 is 10.6 Å². The summed E-state index contributed by atoms with van der Waals surface area (Å²) in [7, 11) is 0. The largest absolute Gasteiger partial charge is 0.332 e. The van der Waals surface area contributed by atoms with Gasteiger partial charge in [-0.1, -0.05) is 18.2 Å². The van der Waals surface area contributed by atoms with Gasteiger partial charge >= 0.3 is 6.03 Å². The third-order valence-electron chi connectivity index (χ3n) is 2.78. The highest BCUT2D eigenvalue weighted by Gasteiger charge is 2.06. The van der Waals surface area contributed by atoms with Crippen molar-refractivity contribution in [2.75, 3.05) is 5.32 Å². The summed E-state index contributed by atoms with van der Waals surface area (Å²) in [6.45, 7) is 0.368. The number of para-hydroxylation sites is 2. The maximum absolute atomic E-state index is 11.8. The van der Waals surface area contributed by atoms with E-state index >= 15 is 0 Å². The third-order valence-corrected chi connectivity index (χ3v) is 2.78. The van der Waals surface area contributed by atoms with Crippen molar-refractivity contribution in [2.45, 2.75) is 6.54 Å². The smallest absolute Gasteiger partial charge is 0.321 e. The standard InChI is InChI=1S/C14H13N5O/c20-14(16-9-10-5-3-4-8-15-10)19-13-17-11-6-1-2-7-12(11)18-13/h1-8H,9H2,(H3,16,17,18,19,20). The maximum atomic E-state index is 11.8. The average Bonchev–Trinajstić information content (AvgIpc) is 2.88. The first-order chi connectivity index (χ1) is 9.81. The molecule has 6 heteroatoms. The molecule has 2 aromatic heterocycles. The molecule has 0 unspecified atom stereocenters. The normalized spacial score (nSPS) is 10.4. The number of urea groups is 1. The SMILES string of the molecule is O=C(NCc1ccccn1)Nc1nc2ccccc2[nH]1. The highest BCUT2D eigenvalue weighted by Crippen LogP contribution is 2.12. The van der Waals surface area contributed by atoms with E-state index in [0.29, 0.717) is 12.5 Å². The summed E-state index contributed by atoms with van der Waals surface area (Å²) >= 11 is 0. The van der Waals surface area contributed by atoms with Gasteiger partial charge in [-0.3, -0.25) is 10.3 Å². The fourth-order valence-corrected chi connectivity index (χ4v) is 1.84. The fraction of sp³-hybridized carbons (Fsp3) is 0.0714. The number of benzene rings is 1. The van der Waals surface area contributed by atoms with Gasteiger partial charge in [0.1, 0.15) is 0 Å². The highest BCUT2D eigenvalue weighted by atomic mass is 16.2. The minimum absolute atomic E-state index is 0.324. The van der Waals surface area contributed by atoms with Crippen molar-refractivity contribution >= 4 is 23.0 Å². The van der Waals surface area contributed by atoms with E-state index in [2.05, 4.69) is 25.6 Å². The molecule has 0 aliphatic heterocycles. The van der Waals surface area contributed by atoms with Gasteiger partial charge in [0, 0.05) is 6.20 Å². The molecule has 2 heterocycles. The van der Waals surface area contributed by atoms with Crippen molar-refractivity contribution in [1.29, 1.82) is 0 Å². The predicted octanol–water partition coefficient (Wildman–Crippen LogP) is 2.28. The van der Waals surface area contributed by atoms with Gasteiger partial charge in [0.15, 0.2) is 0 Å². The van der Waals surface area contributed by atoms with Gasteiger partial charge in [0.05, 0.1) is 23.3 Å². The van der Waals surface area contributed by atoms with Gasteiger partial charge in [-0.2, -0.15) is 0 Å².